The monoisotopic (exact) mass is 1180 g/mol. The Bertz CT molecular complexity index is 1830. The number of hydrogen-bond donors (Lipinski definition) is 16. The smallest absolute Gasteiger partial charge is 0.303 e. The van der Waals surface area contributed by atoms with Gasteiger partial charge in [0.25, 0.3) is 0 Å². The van der Waals surface area contributed by atoms with Crippen molar-refractivity contribution in [1.29, 1.82) is 0 Å². The summed E-state index contributed by atoms with van der Waals surface area (Å²) in [4.78, 5) is 10.9. The van der Waals surface area contributed by atoms with E-state index < -0.39 is 210 Å². The summed E-state index contributed by atoms with van der Waals surface area (Å²) in [6.45, 7) is 5.82. The van der Waals surface area contributed by atoms with E-state index >= 15 is 0 Å². The van der Waals surface area contributed by atoms with E-state index in [9.17, 15) is 81.4 Å². The molecule has 6 saturated heterocycles. The molecule has 6 fully saturated rings. The molecule has 0 radical (unpaired) electrons. The first kappa shape index (κ1) is 68.5. The highest BCUT2D eigenvalue weighted by Crippen LogP contribution is 2.39. The first-order valence-electron chi connectivity index (χ1n) is 28.6. The number of carboxylic acid groups (broad SMARTS) is 1. The van der Waals surface area contributed by atoms with E-state index in [1.54, 1.807) is 0 Å². The second-order valence-corrected chi connectivity index (χ2v) is 22.3. The molecule has 81 heavy (non-hydrogen) atoms. The van der Waals surface area contributed by atoms with Gasteiger partial charge in [0.1, 0.15) is 122 Å². The zero-order valence-electron chi connectivity index (χ0n) is 46.5. The van der Waals surface area contributed by atoms with Gasteiger partial charge in [-0.05, 0) is 47.0 Å². The number of hydrogen-bond acceptors (Lipinski definition) is 28. The fourth-order valence-electron chi connectivity index (χ4n) is 11.0. The van der Waals surface area contributed by atoms with Gasteiger partial charge < -0.3 is 139 Å². The van der Waals surface area contributed by atoms with Crippen LogP contribution in [-0.4, -0.2) is 291 Å². The van der Waals surface area contributed by atoms with Crippen molar-refractivity contribution in [3.63, 3.8) is 0 Å². The van der Waals surface area contributed by atoms with Crippen LogP contribution in [0.1, 0.15) is 118 Å². The van der Waals surface area contributed by atoms with Crippen LogP contribution in [0.2, 0.25) is 0 Å². The summed E-state index contributed by atoms with van der Waals surface area (Å²) in [5.41, 5.74) is 0. The van der Waals surface area contributed by atoms with Gasteiger partial charge in [-0.2, -0.15) is 0 Å². The van der Waals surface area contributed by atoms with E-state index in [4.69, 9.17) is 61.9 Å². The summed E-state index contributed by atoms with van der Waals surface area (Å²) in [7, 11) is 0. The zero-order valence-corrected chi connectivity index (χ0v) is 46.5. The number of ether oxygens (including phenoxy) is 12. The summed E-state index contributed by atoms with van der Waals surface area (Å²) in [5.74, 6) is -0.823. The van der Waals surface area contributed by atoms with Gasteiger partial charge >= 0.3 is 5.97 Å². The minimum Gasteiger partial charge on any atom is -0.481 e. The Balaban J connectivity index is 1.28. The molecule has 474 valence electrons. The van der Waals surface area contributed by atoms with E-state index in [1.807, 2.05) is 6.92 Å². The van der Waals surface area contributed by atoms with E-state index in [1.165, 1.54) is 27.7 Å². The topological polar surface area (TPSA) is 452 Å². The number of aliphatic hydroxyl groups excluding tert-OH is 15. The van der Waals surface area contributed by atoms with Crippen molar-refractivity contribution in [1.82, 2.24) is 0 Å². The van der Waals surface area contributed by atoms with Crippen LogP contribution in [0.15, 0.2) is 0 Å². The summed E-state index contributed by atoms with van der Waals surface area (Å²) in [6.07, 6.45) is -42.9. The lowest BCUT2D eigenvalue weighted by molar-refractivity contribution is -0.414. The maximum atomic E-state index is 12.4. The number of carbonyl (C=O) groups is 1. The first-order valence-corrected chi connectivity index (χ1v) is 28.6. The Morgan fingerprint density at radius 1 is 0.370 bits per heavy atom. The van der Waals surface area contributed by atoms with E-state index in [2.05, 4.69) is 0 Å². The van der Waals surface area contributed by atoms with Crippen LogP contribution in [0.5, 0.6) is 0 Å². The summed E-state index contributed by atoms with van der Waals surface area (Å²) in [6, 6.07) is 0. The molecule has 6 aliphatic rings. The molecule has 6 heterocycles. The Labute approximate surface area is 470 Å². The van der Waals surface area contributed by atoms with E-state index in [0.29, 0.717) is 19.3 Å². The molecule has 0 aromatic carbocycles. The molecular formula is C52H92O29. The van der Waals surface area contributed by atoms with Crippen LogP contribution in [0, 0.1) is 0 Å². The lowest BCUT2D eigenvalue weighted by atomic mass is 9.95. The highest BCUT2D eigenvalue weighted by molar-refractivity contribution is 5.66. The lowest BCUT2D eigenvalue weighted by Gasteiger charge is -2.51. The third kappa shape index (κ3) is 17.1. The normalized spacial score (nSPS) is 46.6. The van der Waals surface area contributed by atoms with Crippen molar-refractivity contribution in [2.75, 3.05) is 13.2 Å². The van der Waals surface area contributed by atoms with Crippen LogP contribution in [0.25, 0.3) is 0 Å². The van der Waals surface area contributed by atoms with Crippen molar-refractivity contribution in [3.8, 4) is 0 Å². The molecule has 0 bridgehead atoms. The minimum atomic E-state index is -2.20. The molecule has 0 aromatic heterocycles. The van der Waals surface area contributed by atoms with Gasteiger partial charge in [-0.3, -0.25) is 4.79 Å². The zero-order chi connectivity index (χ0) is 59.6. The second kappa shape index (κ2) is 31.9. The van der Waals surface area contributed by atoms with Crippen molar-refractivity contribution < 1.29 is 143 Å². The molecule has 29 heteroatoms. The fourth-order valence-corrected chi connectivity index (χ4v) is 11.0. The molecule has 0 amide bonds. The molecule has 0 saturated carbocycles. The van der Waals surface area contributed by atoms with Gasteiger partial charge in [0.15, 0.2) is 37.7 Å². The summed E-state index contributed by atoms with van der Waals surface area (Å²) in [5, 5.41) is 174. The van der Waals surface area contributed by atoms with Crippen molar-refractivity contribution in [2.24, 2.45) is 0 Å². The average Bonchev–Trinajstić information content (AvgIpc) is 3.52. The molecule has 0 aliphatic carbocycles. The highest BCUT2D eigenvalue weighted by atomic mass is 16.8. The standard InChI is InChI=1S/C52H92O29/c1-6-7-13-16-25(17-14-11-9-8-10-12-15-18-28(55)56)74-50-44(36(64)31(59)23(4)72-50)81-52-46(38(66)33(61)27(20-54)76-52)80-49-41(69)43(42(24(5)73-49)77-47-39(67)34(62)29(57)21(2)70-47)78-51-45(37(65)32(60)26(19-53)75-51)79-48-40(68)35(63)30(58)22(3)71-48/h21-27,29-54,57-69H,6-20H2,1-5H3,(H,55,56)/t21-,22-,23-,24+,25?,26-,27-,29+,30-,31-,32-,33-,34+,35+,36+,37+,38+,39-,40-,41-,42+,43+,44-,45-,46-,47+,48+,49+,50+,51+,52+/m1/s1. The number of aliphatic hydroxyl groups is 15. The van der Waals surface area contributed by atoms with Gasteiger partial charge in [-0.1, -0.05) is 64.7 Å². The third-order valence-electron chi connectivity index (χ3n) is 16.1. The van der Waals surface area contributed by atoms with Crippen LogP contribution < -0.4 is 0 Å². The maximum absolute atomic E-state index is 12.4. The van der Waals surface area contributed by atoms with Gasteiger partial charge in [0.2, 0.25) is 0 Å². The number of aliphatic carboxylic acids is 1. The summed E-state index contributed by atoms with van der Waals surface area (Å²) >= 11 is 0. The second-order valence-electron chi connectivity index (χ2n) is 22.3. The lowest BCUT2D eigenvalue weighted by Crippen LogP contribution is -2.69. The quantitative estimate of drug-likeness (QED) is 0.0329. The van der Waals surface area contributed by atoms with Crippen LogP contribution in [0.4, 0.5) is 0 Å². The Hall–Kier alpha value is -1.61. The average molecular weight is 1180 g/mol. The number of carboxylic acids is 1. The number of unbranched alkanes of at least 4 members (excludes halogenated alkanes) is 8. The van der Waals surface area contributed by atoms with Crippen LogP contribution in [-0.2, 0) is 61.6 Å². The third-order valence-corrected chi connectivity index (χ3v) is 16.1. The van der Waals surface area contributed by atoms with Gasteiger partial charge in [0, 0.05) is 6.42 Å². The molecular weight excluding hydrogens is 1090 g/mol. The van der Waals surface area contributed by atoms with Gasteiger partial charge in [-0.25, -0.2) is 0 Å². The minimum absolute atomic E-state index is 0.129. The summed E-state index contributed by atoms with van der Waals surface area (Å²) < 4.78 is 73.1. The van der Waals surface area contributed by atoms with E-state index in [0.717, 1.165) is 57.8 Å². The molecule has 6 aliphatic heterocycles. The molecule has 0 spiro atoms. The fraction of sp³-hybridized carbons (Fsp3) is 0.981. The van der Waals surface area contributed by atoms with Gasteiger partial charge in [-0.15, -0.1) is 0 Å². The largest absolute Gasteiger partial charge is 0.481 e. The maximum Gasteiger partial charge on any atom is 0.303 e. The molecule has 6 rings (SSSR count). The predicted molar refractivity (Wildman–Crippen MR) is 269 cm³/mol. The van der Waals surface area contributed by atoms with Crippen LogP contribution in [0.3, 0.4) is 0 Å². The number of rotatable bonds is 28. The predicted octanol–water partition coefficient (Wildman–Crippen LogP) is -4.42. The van der Waals surface area contributed by atoms with Crippen molar-refractivity contribution in [3.05, 3.63) is 0 Å². The molecule has 31 atom stereocenters. The molecule has 1 unspecified atom stereocenters. The molecule has 0 aromatic rings. The Morgan fingerprint density at radius 2 is 0.728 bits per heavy atom. The Kier molecular flexibility index (Phi) is 26.9. The van der Waals surface area contributed by atoms with Gasteiger partial charge in [0.05, 0.1) is 43.7 Å². The van der Waals surface area contributed by atoms with E-state index in [-0.39, 0.29) is 6.42 Å². The first-order chi connectivity index (χ1) is 38.4. The Morgan fingerprint density at radius 3 is 1.20 bits per heavy atom. The molecule has 16 N–H and O–H groups in total. The van der Waals surface area contributed by atoms with Crippen molar-refractivity contribution in [2.45, 2.75) is 308 Å². The van der Waals surface area contributed by atoms with Crippen molar-refractivity contribution >= 4 is 5.97 Å². The highest BCUT2D eigenvalue weighted by Gasteiger charge is 2.58. The molecule has 29 nitrogen and oxygen atoms in total. The van der Waals surface area contributed by atoms with Crippen LogP contribution >= 0.6 is 0 Å². The SMILES string of the molecule is CCCCCC(CCCCCCCCCC(=O)O)O[C@@H]1O[C@H](C)[C@@H](O)[C@H](O)[C@H]1O[C@@H]1O[C@H](CO)[C@@H](O)[C@H](O)[C@H]1O[C@@H]1O[C@@H](C)[C@H](O[C@@H]2O[C@H](C)[C@H](O)[C@H](O)[C@H]2O)[C@@H](O[C@@H]2O[C@H](CO)[C@@H](O)[C@H](O)[C@H]2O[C@@H]2O[C@H](C)[C@@H](O)[C@H](O)[C@H]2O)[C@H]1O.